The quantitative estimate of drug-likeness (QED) is 0.515. The lowest BCUT2D eigenvalue weighted by molar-refractivity contribution is 0.104. The predicted octanol–water partition coefficient (Wildman–Crippen LogP) is 4.47. The number of ketones is 1. The summed E-state index contributed by atoms with van der Waals surface area (Å²) in [5.41, 5.74) is 7.47. The van der Waals surface area contributed by atoms with Crippen LogP contribution in [-0.2, 0) is 0 Å². The van der Waals surface area contributed by atoms with Crippen molar-refractivity contribution >= 4 is 40.7 Å². The molecule has 0 unspecified atom stereocenters. The summed E-state index contributed by atoms with van der Waals surface area (Å²) in [5.74, 6) is -0.115. The molecule has 0 spiro atoms. The van der Waals surface area contributed by atoms with Gasteiger partial charge in [0.1, 0.15) is 0 Å². The van der Waals surface area contributed by atoms with Crippen LogP contribution in [0.15, 0.2) is 48.5 Å². The maximum Gasteiger partial charge on any atom is 0.185 e. The van der Waals surface area contributed by atoms with Gasteiger partial charge >= 0.3 is 0 Å². The van der Waals surface area contributed by atoms with E-state index in [9.17, 15) is 4.79 Å². The van der Waals surface area contributed by atoms with Gasteiger partial charge in [0.05, 0.1) is 10.0 Å². The second kappa shape index (κ2) is 5.91. The minimum absolute atomic E-state index is 0.115. The van der Waals surface area contributed by atoms with Gasteiger partial charge in [-0.3, -0.25) is 4.79 Å². The van der Waals surface area contributed by atoms with Crippen LogP contribution < -0.4 is 5.73 Å². The Morgan fingerprint density at radius 3 is 2.42 bits per heavy atom. The summed E-state index contributed by atoms with van der Waals surface area (Å²) >= 11 is 11.9. The number of rotatable bonds is 3. The van der Waals surface area contributed by atoms with E-state index in [-0.39, 0.29) is 5.78 Å². The molecule has 0 atom stereocenters. The molecular formula is C15H11Cl2NO. The molecule has 2 rings (SSSR count). The largest absolute Gasteiger partial charge is 0.399 e. The number of hydrogen-bond donors (Lipinski definition) is 1. The maximum absolute atomic E-state index is 11.9. The Kier molecular flexibility index (Phi) is 4.25. The van der Waals surface area contributed by atoms with Crippen LogP contribution in [0.1, 0.15) is 15.9 Å². The molecule has 2 nitrogen and oxygen atoms in total. The standard InChI is InChI=1S/C15H11Cl2NO/c16-13-3-1-2-11(15(13)17)6-9-14(19)10-4-7-12(18)8-5-10/h1-9H,18H2. The van der Waals surface area contributed by atoms with Crippen molar-refractivity contribution in [3.8, 4) is 0 Å². The summed E-state index contributed by atoms with van der Waals surface area (Å²) in [6.07, 6.45) is 3.11. The van der Waals surface area contributed by atoms with E-state index in [2.05, 4.69) is 0 Å². The highest BCUT2D eigenvalue weighted by Gasteiger charge is 2.03. The molecule has 0 radical (unpaired) electrons. The van der Waals surface area contributed by atoms with Crippen LogP contribution in [0.5, 0.6) is 0 Å². The summed E-state index contributed by atoms with van der Waals surface area (Å²) in [5, 5.41) is 0.897. The van der Waals surface area contributed by atoms with E-state index in [1.54, 1.807) is 48.5 Å². The third kappa shape index (κ3) is 3.37. The second-order valence-electron chi connectivity index (χ2n) is 3.96. The Morgan fingerprint density at radius 2 is 1.74 bits per heavy atom. The van der Waals surface area contributed by atoms with Crippen LogP contribution in [0.4, 0.5) is 5.69 Å². The zero-order valence-electron chi connectivity index (χ0n) is 9.94. The molecule has 0 bridgehead atoms. The maximum atomic E-state index is 11.9. The van der Waals surface area contributed by atoms with Crippen LogP contribution >= 0.6 is 23.2 Å². The Hall–Kier alpha value is -1.77. The average Bonchev–Trinajstić information content (AvgIpc) is 2.41. The van der Waals surface area contributed by atoms with Gasteiger partial charge in [0, 0.05) is 11.3 Å². The zero-order valence-corrected chi connectivity index (χ0v) is 11.4. The van der Waals surface area contributed by atoms with E-state index in [1.165, 1.54) is 6.08 Å². The van der Waals surface area contributed by atoms with E-state index in [0.717, 1.165) is 0 Å². The van der Waals surface area contributed by atoms with Crippen molar-refractivity contribution in [3.63, 3.8) is 0 Å². The molecular weight excluding hydrogens is 281 g/mol. The fourth-order valence-electron chi connectivity index (χ4n) is 1.56. The van der Waals surface area contributed by atoms with Crippen LogP contribution in [0, 0.1) is 0 Å². The molecule has 2 aromatic carbocycles. The van der Waals surface area contributed by atoms with Crippen molar-refractivity contribution in [2.24, 2.45) is 0 Å². The van der Waals surface area contributed by atoms with Crippen LogP contribution in [0.3, 0.4) is 0 Å². The van der Waals surface area contributed by atoms with Gasteiger partial charge in [0.25, 0.3) is 0 Å². The van der Waals surface area contributed by atoms with Gasteiger partial charge in [-0.05, 0) is 48.0 Å². The minimum Gasteiger partial charge on any atom is -0.399 e. The van der Waals surface area contributed by atoms with Crippen molar-refractivity contribution in [2.45, 2.75) is 0 Å². The zero-order chi connectivity index (χ0) is 13.8. The Balaban J connectivity index is 2.21. The molecule has 0 aliphatic carbocycles. The number of hydrogen-bond acceptors (Lipinski definition) is 2. The van der Waals surface area contributed by atoms with E-state index in [1.807, 2.05) is 0 Å². The van der Waals surface area contributed by atoms with Gasteiger partial charge in [-0.15, -0.1) is 0 Å². The molecule has 0 saturated heterocycles. The van der Waals surface area contributed by atoms with E-state index in [0.29, 0.717) is 26.9 Å². The van der Waals surface area contributed by atoms with Crippen molar-refractivity contribution in [1.82, 2.24) is 0 Å². The molecule has 0 amide bonds. The lowest BCUT2D eigenvalue weighted by atomic mass is 10.1. The number of halogens is 2. The van der Waals surface area contributed by atoms with E-state index >= 15 is 0 Å². The Labute approximate surface area is 121 Å². The SMILES string of the molecule is Nc1ccc(C(=O)C=Cc2cccc(Cl)c2Cl)cc1. The summed E-state index contributed by atoms with van der Waals surface area (Å²) in [6.45, 7) is 0. The highest BCUT2D eigenvalue weighted by atomic mass is 35.5. The van der Waals surface area contributed by atoms with E-state index in [4.69, 9.17) is 28.9 Å². The van der Waals surface area contributed by atoms with Crippen molar-refractivity contribution in [1.29, 1.82) is 0 Å². The number of nitrogens with two attached hydrogens (primary N) is 1. The third-order valence-electron chi connectivity index (χ3n) is 2.59. The van der Waals surface area contributed by atoms with Crippen LogP contribution in [0.2, 0.25) is 10.0 Å². The average molecular weight is 292 g/mol. The first-order chi connectivity index (χ1) is 9.08. The van der Waals surface area contributed by atoms with Crippen LogP contribution in [0.25, 0.3) is 6.08 Å². The topological polar surface area (TPSA) is 43.1 Å². The minimum atomic E-state index is -0.115. The molecule has 0 aliphatic heterocycles. The first kappa shape index (κ1) is 13.7. The summed E-state index contributed by atoms with van der Waals surface area (Å²) < 4.78 is 0. The molecule has 2 N–H and O–H groups in total. The molecule has 0 heterocycles. The Morgan fingerprint density at radius 1 is 1.05 bits per heavy atom. The fourth-order valence-corrected chi connectivity index (χ4v) is 1.93. The van der Waals surface area contributed by atoms with Crippen molar-refractivity contribution < 1.29 is 4.79 Å². The highest BCUT2D eigenvalue weighted by molar-refractivity contribution is 6.42. The number of carbonyl (C=O) groups excluding carboxylic acids is 1. The monoisotopic (exact) mass is 291 g/mol. The summed E-state index contributed by atoms with van der Waals surface area (Å²) in [6, 6.07) is 12.0. The van der Waals surface area contributed by atoms with Gasteiger partial charge in [0.2, 0.25) is 0 Å². The number of carbonyl (C=O) groups is 1. The van der Waals surface area contributed by atoms with Crippen LogP contribution in [-0.4, -0.2) is 5.78 Å². The molecule has 4 heteroatoms. The van der Waals surface area contributed by atoms with Crippen molar-refractivity contribution in [2.75, 3.05) is 5.73 Å². The van der Waals surface area contributed by atoms with Crippen molar-refractivity contribution in [3.05, 3.63) is 69.7 Å². The highest BCUT2D eigenvalue weighted by Crippen LogP contribution is 2.26. The lowest BCUT2D eigenvalue weighted by Crippen LogP contribution is -1.94. The third-order valence-corrected chi connectivity index (χ3v) is 3.42. The van der Waals surface area contributed by atoms with Gasteiger partial charge in [-0.2, -0.15) is 0 Å². The van der Waals surface area contributed by atoms with E-state index < -0.39 is 0 Å². The number of benzene rings is 2. The first-order valence-electron chi connectivity index (χ1n) is 5.60. The normalized spacial score (nSPS) is 10.8. The molecule has 2 aromatic rings. The second-order valence-corrected chi connectivity index (χ2v) is 4.75. The van der Waals surface area contributed by atoms with Gasteiger partial charge < -0.3 is 5.73 Å². The fraction of sp³-hybridized carbons (Fsp3) is 0. The molecule has 0 aliphatic rings. The number of allylic oxidation sites excluding steroid dienone is 1. The molecule has 19 heavy (non-hydrogen) atoms. The summed E-state index contributed by atoms with van der Waals surface area (Å²) in [4.78, 5) is 11.9. The van der Waals surface area contributed by atoms with Gasteiger partial charge in [-0.1, -0.05) is 35.3 Å². The first-order valence-corrected chi connectivity index (χ1v) is 6.35. The lowest BCUT2D eigenvalue weighted by Gasteiger charge is -2.00. The smallest absolute Gasteiger partial charge is 0.185 e. The van der Waals surface area contributed by atoms with Gasteiger partial charge in [0.15, 0.2) is 5.78 Å². The molecule has 0 fully saturated rings. The number of anilines is 1. The predicted molar refractivity (Wildman–Crippen MR) is 80.7 cm³/mol. The molecule has 0 saturated carbocycles. The summed E-state index contributed by atoms with van der Waals surface area (Å²) in [7, 11) is 0. The number of nitrogen functional groups attached to an aromatic ring is 1. The van der Waals surface area contributed by atoms with Gasteiger partial charge in [-0.25, -0.2) is 0 Å². The Bertz CT molecular complexity index is 633. The molecule has 96 valence electrons. The molecule has 0 aromatic heterocycles.